The van der Waals surface area contributed by atoms with E-state index >= 15 is 0 Å². The monoisotopic (exact) mass is 146 g/mol. The van der Waals surface area contributed by atoms with Gasteiger partial charge in [-0.15, -0.1) is 0 Å². The van der Waals surface area contributed by atoms with Crippen molar-refractivity contribution < 1.29 is 0 Å². The molecule has 54 valence electrons. The second-order valence-electron chi connectivity index (χ2n) is 2.34. The predicted molar refractivity (Wildman–Crippen MR) is 42.6 cm³/mol. The molecule has 0 spiro atoms. The minimum atomic E-state index is 0.703. The summed E-state index contributed by atoms with van der Waals surface area (Å²) in [4.78, 5) is 0. The van der Waals surface area contributed by atoms with E-state index < -0.39 is 0 Å². The molecule has 0 radical (unpaired) electrons. The topological polar surface area (TPSA) is 15.3 Å². The molecule has 3 heteroatoms. The van der Waals surface area contributed by atoms with Crippen LogP contribution in [-0.2, 0) is 0 Å². The van der Waals surface area contributed by atoms with Crippen molar-refractivity contribution in [3.63, 3.8) is 0 Å². The number of nitrogens with one attached hydrogen (secondary N) is 1. The lowest BCUT2D eigenvalue weighted by molar-refractivity contribution is 0.170. The summed E-state index contributed by atoms with van der Waals surface area (Å²) < 4.78 is 0. The highest BCUT2D eigenvalue weighted by molar-refractivity contribution is 7.99. The zero-order chi connectivity index (χ0) is 6.69. The van der Waals surface area contributed by atoms with Crippen LogP contribution in [0.4, 0.5) is 0 Å². The van der Waals surface area contributed by atoms with Crippen LogP contribution in [0.25, 0.3) is 0 Å². The van der Waals surface area contributed by atoms with Gasteiger partial charge in [-0.05, 0) is 14.0 Å². The standard InChI is InChI=1S/C6H14N2S/c1-6-5-9-4-3-8(6)7-2/h6-7H,3-5H2,1-2H3/t6-/m1/s1. The normalized spacial score (nSPS) is 30.7. The molecule has 0 aromatic carbocycles. The molecular weight excluding hydrogens is 132 g/mol. The number of hydrogen-bond acceptors (Lipinski definition) is 3. The van der Waals surface area contributed by atoms with Crippen LogP contribution in [0.15, 0.2) is 0 Å². The van der Waals surface area contributed by atoms with Gasteiger partial charge < -0.3 is 0 Å². The Hall–Kier alpha value is 0.270. The number of rotatable bonds is 1. The molecule has 9 heavy (non-hydrogen) atoms. The minimum Gasteiger partial charge on any atom is -0.258 e. The number of thioether (sulfide) groups is 1. The zero-order valence-corrected chi connectivity index (χ0v) is 6.87. The van der Waals surface area contributed by atoms with E-state index in [1.54, 1.807) is 0 Å². The van der Waals surface area contributed by atoms with Crippen LogP contribution in [0, 0.1) is 0 Å². The first-order chi connectivity index (χ1) is 4.34. The summed E-state index contributed by atoms with van der Waals surface area (Å²) in [6, 6.07) is 0.703. The highest BCUT2D eigenvalue weighted by atomic mass is 32.2. The summed E-state index contributed by atoms with van der Waals surface area (Å²) in [5.41, 5.74) is 3.17. The molecule has 1 aliphatic heterocycles. The van der Waals surface area contributed by atoms with Gasteiger partial charge in [0.15, 0.2) is 0 Å². The fraction of sp³-hybridized carbons (Fsp3) is 1.00. The van der Waals surface area contributed by atoms with Gasteiger partial charge in [-0.1, -0.05) is 0 Å². The third kappa shape index (κ3) is 1.85. The molecule has 2 nitrogen and oxygen atoms in total. The number of hydrogen-bond donors (Lipinski definition) is 1. The van der Waals surface area contributed by atoms with Gasteiger partial charge >= 0.3 is 0 Å². The van der Waals surface area contributed by atoms with Gasteiger partial charge in [0.1, 0.15) is 0 Å². The first-order valence-corrected chi connectivity index (χ1v) is 4.52. The summed E-state index contributed by atoms with van der Waals surface area (Å²) in [7, 11) is 1.99. The third-order valence-electron chi connectivity index (χ3n) is 1.65. The van der Waals surface area contributed by atoms with Crippen molar-refractivity contribution in [3.8, 4) is 0 Å². The lowest BCUT2D eigenvalue weighted by atomic mass is 10.4. The SMILES string of the molecule is CNN1CCSC[C@H]1C. The Morgan fingerprint density at radius 3 is 2.89 bits per heavy atom. The molecule has 0 aromatic rings. The van der Waals surface area contributed by atoms with Crippen molar-refractivity contribution in [2.45, 2.75) is 13.0 Å². The molecule has 1 rings (SSSR count). The molecule has 1 atom stereocenters. The largest absolute Gasteiger partial charge is 0.258 e. The Kier molecular flexibility index (Phi) is 2.82. The van der Waals surface area contributed by atoms with Gasteiger partial charge in [0, 0.05) is 24.1 Å². The van der Waals surface area contributed by atoms with Crippen molar-refractivity contribution in [3.05, 3.63) is 0 Å². The van der Waals surface area contributed by atoms with Crippen LogP contribution in [0.2, 0.25) is 0 Å². The Bertz CT molecular complexity index is 87.1. The van der Waals surface area contributed by atoms with Crippen LogP contribution >= 0.6 is 11.8 Å². The maximum absolute atomic E-state index is 3.17. The predicted octanol–water partition coefficient (Wildman–Crippen LogP) is 0.558. The van der Waals surface area contributed by atoms with Gasteiger partial charge in [0.25, 0.3) is 0 Å². The summed E-state index contributed by atoms with van der Waals surface area (Å²) >= 11 is 2.04. The third-order valence-corrected chi connectivity index (χ3v) is 2.84. The quantitative estimate of drug-likeness (QED) is 0.582. The summed E-state index contributed by atoms with van der Waals surface area (Å²) in [5.74, 6) is 2.53. The maximum atomic E-state index is 3.17. The van der Waals surface area contributed by atoms with E-state index in [0.29, 0.717) is 6.04 Å². The second-order valence-corrected chi connectivity index (χ2v) is 3.49. The van der Waals surface area contributed by atoms with Crippen LogP contribution in [-0.4, -0.2) is 36.1 Å². The first-order valence-electron chi connectivity index (χ1n) is 3.36. The van der Waals surface area contributed by atoms with Crippen molar-refractivity contribution in [2.24, 2.45) is 0 Å². The lowest BCUT2D eigenvalue weighted by Gasteiger charge is -2.31. The Balaban J connectivity index is 2.30. The fourth-order valence-corrected chi connectivity index (χ4v) is 2.07. The molecule has 1 saturated heterocycles. The fourth-order valence-electron chi connectivity index (χ4n) is 1.06. The van der Waals surface area contributed by atoms with Crippen molar-refractivity contribution in [2.75, 3.05) is 25.1 Å². The zero-order valence-electron chi connectivity index (χ0n) is 6.05. The van der Waals surface area contributed by atoms with Gasteiger partial charge in [0.2, 0.25) is 0 Å². The van der Waals surface area contributed by atoms with E-state index in [0.717, 1.165) is 0 Å². The van der Waals surface area contributed by atoms with Crippen LogP contribution in [0.3, 0.4) is 0 Å². The molecule has 0 bridgehead atoms. The Labute approximate surface area is 61.0 Å². The Morgan fingerprint density at radius 2 is 2.44 bits per heavy atom. The van der Waals surface area contributed by atoms with Crippen molar-refractivity contribution >= 4 is 11.8 Å². The van der Waals surface area contributed by atoms with Gasteiger partial charge in [0.05, 0.1) is 0 Å². The molecule has 1 aliphatic rings. The highest BCUT2D eigenvalue weighted by Gasteiger charge is 2.15. The van der Waals surface area contributed by atoms with E-state index in [4.69, 9.17) is 0 Å². The summed E-state index contributed by atoms with van der Waals surface area (Å²) in [6.07, 6.45) is 0. The molecule has 1 N–H and O–H groups in total. The van der Waals surface area contributed by atoms with Crippen molar-refractivity contribution in [1.29, 1.82) is 0 Å². The average molecular weight is 146 g/mol. The molecule has 0 amide bonds. The highest BCUT2D eigenvalue weighted by Crippen LogP contribution is 2.12. The summed E-state index contributed by atoms with van der Waals surface area (Å²) in [6.45, 7) is 3.44. The Morgan fingerprint density at radius 1 is 1.67 bits per heavy atom. The molecule has 0 saturated carbocycles. The van der Waals surface area contributed by atoms with E-state index in [9.17, 15) is 0 Å². The second kappa shape index (κ2) is 3.44. The molecule has 1 fully saturated rings. The molecule has 0 aliphatic carbocycles. The minimum absolute atomic E-state index is 0.703. The molecule has 0 aromatic heterocycles. The first kappa shape index (κ1) is 7.38. The van der Waals surface area contributed by atoms with Gasteiger partial charge in [-0.25, -0.2) is 5.01 Å². The summed E-state index contributed by atoms with van der Waals surface area (Å²) in [5, 5.41) is 2.29. The molecular formula is C6H14N2S. The lowest BCUT2D eigenvalue weighted by Crippen LogP contribution is -2.47. The van der Waals surface area contributed by atoms with Crippen LogP contribution in [0.5, 0.6) is 0 Å². The smallest absolute Gasteiger partial charge is 0.0306 e. The van der Waals surface area contributed by atoms with Crippen LogP contribution in [0.1, 0.15) is 6.92 Å². The maximum Gasteiger partial charge on any atom is 0.0306 e. The van der Waals surface area contributed by atoms with Gasteiger partial charge in [-0.3, -0.25) is 5.43 Å². The van der Waals surface area contributed by atoms with Crippen molar-refractivity contribution in [1.82, 2.24) is 10.4 Å². The number of hydrazine groups is 1. The van der Waals surface area contributed by atoms with E-state index in [1.165, 1.54) is 18.1 Å². The van der Waals surface area contributed by atoms with Crippen LogP contribution < -0.4 is 5.43 Å². The average Bonchev–Trinajstić information content (AvgIpc) is 1.89. The van der Waals surface area contributed by atoms with E-state index in [1.807, 2.05) is 18.8 Å². The molecule has 1 heterocycles. The van der Waals surface area contributed by atoms with E-state index in [2.05, 4.69) is 17.4 Å². The molecule has 0 unspecified atom stereocenters. The van der Waals surface area contributed by atoms with Gasteiger partial charge in [-0.2, -0.15) is 11.8 Å². The van der Waals surface area contributed by atoms with E-state index in [-0.39, 0.29) is 0 Å². The number of nitrogens with zero attached hydrogens (tertiary/aromatic N) is 1.